The Hall–Kier alpha value is -1.43. The summed E-state index contributed by atoms with van der Waals surface area (Å²) < 4.78 is 13.8. The highest BCUT2D eigenvalue weighted by Gasteiger charge is 2.18. The fourth-order valence-electron chi connectivity index (χ4n) is 1.01. The summed E-state index contributed by atoms with van der Waals surface area (Å²) in [7, 11) is 0. The fraction of sp³-hybridized carbons (Fsp3) is 0.200. The normalized spacial score (nSPS) is 11.9. The number of aliphatic carboxylic acids is 1. The highest BCUT2D eigenvalue weighted by Crippen LogP contribution is 2.15. The highest BCUT2D eigenvalue weighted by molar-refractivity contribution is 9.10. The summed E-state index contributed by atoms with van der Waals surface area (Å²) in [5.74, 6) is -2.63. The SMILES string of the molecule is CC(NC(=O)c1cc(Br)ccc1F)C(=O)O. The van der Waals surface area contributed by atoms with Crippen LogP contribution in [-0.4, -0.2) is 23.0 Å². The van der Waals surface area contributed by atoms with E-state index in [2.05, 4.69) is 21.2 Å². The van der Waals surface area contributed by atoms with Crippen molar-refractivity contribution in [2.24, 2.45) is 0 Å². The minimum atomic E-state index is -1.18. The van der Waals surface area contributed by atoms with Gasteiger partial charge in [-0.05, 0) is 25.1 Å². The van der Waals surface area contributed by atoms with Crippen molar-refractivity contribution in [2.75, 3.05) is 0 Å². The minimum Gasteiger partial charge on any atom is -0.480 e. The standard InChI is InChI=1S/C10H9BrFNO3/c1-5(10(15)16)13-9(14)7-4-6(11)2-3-8(7)12/h2-5H,1H3,(H,13,14)(H,15,16). The Bertz CT molecular complexity index is 436. The third kappa shape index (κ3) is 3.03. The first-order valence-corrected chi connectivity index (χ1v) is 5.20. The van der Waals surface area contributed by atoms with E-state index < -0.39 is 23.7 Å². The van der Waals surface area contributed by atoms with Crippen molar-refractivity contribution in [3.05, 3.63) is 34.1 Å². The lowest BCUT2D eigenvalue weighted by Gasteiger charge is -2.09. The van der Waals surface area contributed by atoms with Crippen LogP contribution >= 0.6 is 15.9 Å². The summed E-state index contributed by atoms with van der Waals surface area (Å²) in [5, 5.41) is 10.7. The lowest BCUT2D eigenvalue weighted by atomic mass is 10.2. The molecule has 1 rings (SSSR count). The van der Waals surface area contributed by atoms with Gasteiger partial charge >= 0.3 is 5.97 Å². The van der Waals surface area contributed by atoms with Crippen LogP contribution in [0.25, 0.3) is 0 Å². The van der Waals surface area contributed by atoms with Crippen molar-refractivity contribution in [2.45, 2.75) is 13.0 Å². The molecule has 1 unspecified atom stereocenters. The summed E-state index contributed by atoms with van der Waals surface area (Å²) >= 11 is 3.10. The Morgan fingerprint density at radius 2 is 2.12 bits per heavy atom. The molecule has 0 aliphatic rings. The third-order valence-corrected chi connectivity index (χ3v) is 2.38. The minimum absolute atomic E-state index is 0.192. The number of halogens is 2. The van der Waals surface area contributed by atoms with Crippen LogP contribution in [0.3, 0.4) is 0 Å². The average Bonchev–Trinajstić information content (AvgIpc) is 2.21. The summed E-state index contributed by atoms with van der Waals surface area (Å²) in [6.07, 6.45) is 0. The highest BCUT2D eigenvalue weighted by atomic mass is 79.9. The number of carbonyl (C=O) groups is 2. The Labute approximate surface area is 99.6 Å². The summed E-state index contributed by atoms with van der Waals surface area (Å²) in [6.45, 7) is 1.30. The molecule has 16 heavy (non-hydrogen) atoms. The molecule has 1 amide bonds. The number of carboxylic acids is 1. The van der Waals surface area contributed by atoms with Gasteiger partial charge in [-0.3, -0.25) is 9.59 Å². The van der Waals surface area contributed by atoms with Gasteiger partial charge in [-0.1, -0.05) is 15.9 Å². The molecule has 0 saturated carbocycles. The van der Waals surface area contributed by atoms with Gasteiger partial charge in [0.2, 0.25) is 0 Å². The van der Waals surface area contributed by atoms with Crippen LogP contribution in [0.5, 0.6) is 0 Å². The molecule has 0 radical (unpaired) electrons. The molecule has 0 spiro atoms. The van der Waals surface area contributed by atoms with Gasteiger partial charge in [0.05, 0.1) is 5.56 Å². The zero-order chi connectivity index (χ0) is 12.3. The van der Waals surface area contributed by atoms with Gasteiger partial charge in [-0.2, -0.15) is 0 Å². The fourth-order valence-corrected chi connectivity index (χ4v) is 1.37. The van der Waals surface area contributed by atoms with Crippen LogP contribution in [-0.2, 0) is 4.79 Å². The Kier molecular flexibility index (Phi) is 4.00. The summed E-state index contributed by atoms with van der Waals surface area (Å²) in [6, 6.07) is 2.81. The Morgan fingerprint density at radius 1 is 1.50 bits per heavy atom. The Balaban J connectivity index is 2.88. The Morgan fingerprint density at radius 3 is 2.69 bits per heavy atom. The van der Waals surface area contributed by atoms with E-state index in [0.717, 1.165) is 6.07 Å². The topological polar surface area (TPSA) is 66.4 Å². The smallest absolute Gasteiger partial charge is 0.325 e. The van der Waals surface area contributed by atoms with Gasteiger partial charge in [0.1, 0.15) is 11.9 Å². The number of amides is 1. The first-order valence-electron chi connectivity index (χ1n) is 4.40. The second-order valence-electron chi connectivity index (χ2n) is 3.16. The van der Waals surface area contributed by atoms with Crippen LogP contribution in [0.4, 0.5) is 4.39 Å². The van der Waals surface area contributed by atoms with E-state index >= 15 is 0 Å². The lowest BCUT2D eigenvalue weighted by molar-refractivity contribution is -0.138. The van der Waals surface area contributed by atoms with E-state index in [-0.39, 0.29) is 5.56 Å². The second-order valence-corrected chi connectivity index (χ2v) is 4.07. The molecule has 2 N–H and O–H groups in total. The number of rotatable bonds is 3. The molecule has 4 nitrogen and oxygen atoms in total. The molecule has 86 valence electrons. The van der Waals surface area contributed by atoms with E-state index in [1.165, 1.54) is 19.1 Å². The van der Waals surface area contributed by atoms with Crippen molar-refractivity contribution in [1.82, 2.24) is 5.32 Å². The quantitative estimate of drug-likeness (QED) is 0.892. The van der Waals surface area contributed by atoms with Crippen molar-refractivity contribution in [3.63, 3.8) is 0 Å². The van der Waals surface area contributed by atoms with E-state index in [1.807, 2.05) is 0 Å². The first kappa shape index (κ1) is 12.6. The molecular formula is C10H9BrFNO3. The predicted molar refractivity (Wildman–Crippen MR) is 58.7 cm³/mol. The molecule has 1 aromatic rings. The number of benzene rings is 1. The maximum atomic E-state index is 13.2. The molecule has 1 aromatic carbocycles. The molecule has 0 aliphatic heterocycles. The van der Waals surface area contributed by atoms with Crippen LogP contribution in [0, 0.1) is 5.82 Å². The number of nitrogens with one attached hydrogen (secondary N) is 1. The largest absolute Gasteiger partial charge is 0.480 e. The monoisotopic (exact) mass is 289 g/mol. The van der Waals surface area contributed by atoms with Crippen LogP contribution in [0.1, 0.15) is 17.3 Å². The van der Waals surface area contributed by atoms with Crippen molar-refractivity contribution < 1.29 is 19.1 Å². The third-order valence-electron chi connectivity index (χ3n) is 1.89. The average molecular weight is 290 g/mol. The van der Waals surface area contributed by atoms with Crippen molar-refractivity contribution >= 4 is 27.8 Å². The van der Waals surface area contributed by atoms with Gasteiger partial charge in [-0.15, -0.1) is 0 Å². The number of carboxylic acid groups (broad SMARTS) is 1. The number of hydrogen-bond acceptors (Lipinski definition) is 2. The van der Waals surface area contributed by atoms with Gasteiger partial charge < -0.3 is 10.4 Å². The van der Waals surface area contributed by atoms with E-state index in [0.29, 0.717) is 4.47 Å². The van der Waals surface area contributed by atoms with Crippen LogP contribution in [0.2, 0.25) is 0 Å². The van der Waals surface area contributed by atoms with Crippen molar-refractivity contribution in [3.8, 4) is 0 Å². The van der Waals surface area contributed by atoms with E-state index in [9.17, 15) is 14.0 Å². The second kappa shape index (κ2) is 5.07. The van der Waals surface area contributed by atoms with E-state index in [4.69, 9.17) is 5.11 Å². The molecule has 0 fully saturated rings. The van der Waals surface area contributed by atoms with Gasteiger partial charge in [0.25, 0.3) is 5.91 Å². The molecule has 0 heterocycles. The van der Waals surface area contributed by atoms with Gasteiger partial charge in [-0.25, -0.2) is 4.39 Å². The summed E-state index contributed by atoms with van der Waals surface area (Å²) in [4.78, 5) is 22.0. The van der Waals surface area contributed by atoms with Crippen LogP contribution in [0.15, 0.2) is 22.7 Å². The molecule has 1 atom stereocenters. The molecular weight excluding hydrogens is 281 g/mol. The van der Waals surface area contributed by atoms with E-state index in [1.54, 1.807) is 0 Å². The molecule has 0 saturated heterocycles. The molecule has 0 bridgehead atoms. The number of hydrogen-bond donors (Lipinski definition) is 2. The molecule has 0 aliphatic carbocycles. The lowest BCUT2D eigenvalue weighted by Crippen LogP contribution is -2.38. The zero-order valence-corrected chi connectivity index (χ0v) is 9.92. The van der Waals surface area contributed by atoms with Gasteiger partial charge in [0, 0.05) is 4.47 Å². The maximum Gasteiger partial charge on any atom is 0.325 e. The maximum absolute atomic E-state index is 13.2. The van der Waals surface area contributed by atoms with Gasteiger partial charge in [0.15, 0.2) is 0 Å². The summed E-state index contributed by atoms with van der Waals surface area (Å²) in [5.41, 5.74) is -0.192. The van der Waals surface area contributed by atoms with Crippen molar-refractivity contribution in [1.29, 1.82) is 0 Å². The first-order chi connectivity index (χ1) is 7.41. The zero-order valence-electron chi connectivity index (χ0n) is 8.33. The predicted octanol–water partition coefficient (Wildman–Crippen LogP) is 1.79. The molecule has 6 heteroatoms. The molecule has 0 aromatic heterocycles. The van der Waals surface area contributed by atoms with Crippen LogP contribution < -0.4 is 5.32 Å². The number of carbonyl (C=O) groups excluding carboxylic acids is 1.